The summed E-state index contributed by atoms with van der Waals surface area (Å²) in [5, 5.41) is 3.30. The van der Waals surface area contributed by atoms with E-state index in [2.05, 4.69) is 20.0 Å². The summed E-state index contributed by atoms with van der Waals surface area (Å²) >= 11 is 0. The minimum atomic E-state index is -1.60. The lowest BCUT2D eigenvalue weighted by molar-refractivity contribution is -0.126. The molecular weight excluding hydrogens is 539 g/mol. The zero-order chi connectivity index (χ0) is 28.9. The van der Waals surface area contributed by atoms with E-state index in [9.17, 15) is 4.79 Å². The molecule has 3 unspecified atom stereocenters. The molecule has 0 fully saturated rings. The molecule has 1 aromatic carbocycles. The molecule has 0 bridgehead atoms. The van der Waals surface area contributed by atoms with E-state index in [0.29, 0.717) is 48.8 Å². The number of hydrogen-bond donors (Lipinski definition) is 2. The lowest BCUT2D eigenvalue weighted by Gasteiger charge is -2.24. The number of allylic oxidation sites excluding steroid dienone is 1. The first-order chi connectivity index (χ1) is 19.4. The summed E-state index contributed by atoms with van der Waals surface area (Å²) in [5.41, 5.74) is 8.10. The second-order valence-corrected chi connectivity index (χ2v) is 9.98. The minimum absolute atomic E-state index is 0.0235. The van der Waals surface area contributed by atoms with Gasteiger partial charge in [-0.15, -0.1) is 0 Å². The molecule has 0 saturated carbocycles. The molecule has 0 amide bonds. The van der Waals surface area contributed by atoms with Gasteiger partial charge in [0.05, 0.1) is 32.8 Å². The van der Waals surface area contributed by atoms with Crippen molar-refractivity contribution in [3.8, 4) is 5.88 Å². The van der Waals surface area contributed by atoms with Gasteiger partial charge in [0.2, 0.25) is 11.8 Å². The van der Waals surface area contributed by atoms with Gasteiger partial charge >= 0.3 is 0 Å². The van der Waals surface area contributed by atoms with Crippen molar-refractivity contribution in [1.82, 2.24) is 24.6 Å². The Morgan fingerprint density at radius 2 is 1.98 bits per heavy atom. The number of aromatic nitrogens is 4. The number of nitrogens with one attached hydrogen (secondary N) is 1. The van der Waals surface area contributed by atoms with E-state index in [4.69, 9.17) is 33.7 Å². The third-order valence-corrected chi connectivity index (χ3v) is 7.10. The summed E-state index contributed by atoms with van der Waals surface area (Å²) in [6, 6.07) is 9.80. The average molecular weight is 577 g/mol. The number of anilines is 1. The van der Waals surface area contributed by atoms with Crippen LogP contribution >= 0.6 is 8.53 Å². The smallest absolute Gasteiger partial charge is 0.298 e. The number of nitrogens with zero attached hydrogens (tertiary/aromatic N) is 4. The van der Waals surface area contributed by atoms with Crippen LogP contribution in [0, 0.1) is 0 Å². The van der Waals surface area contributed by atoms with Crippen LogP contribution in [0.1, 0.15) is 38.8 Å². The van der Waals surface area contributed by atoms with Crippen LogP contribution in [0.4, 0.5) is 5.95 Å². The number of methoxy groups -OCH3 is 2. The molecule has 0 spiro atoms. The SMILES string of the molecule is CCOc1nc(N)nc2c1ncn2C(C)CC(COP(NCc1ccccc1)OC/C(OC=O)=C(\C)OC)OC. The lowest BCUT2D eigenvalue weighted by atomic mass is 10.1. The van der Waals surface area contributed by atoms with Crippen molar-refractivity contribution in [3.63, 3.8) is 0 Å². The predicted molar refractivity (Wildman–Crippen MR) is 150 cm³/mol. The highest BCUT2D eigenvalue weighted by Gasteiger charge is 2.22. The summed E-state index contributed by atoms with van der Waals surface area (Å²) in [7, 11) is 1.52. The lowest BCUT2D eigenvalue weighted by Crippen LogP contribution is -2.23. The monoisotopic (exact) mass is 576 g/mol. The third-order valence-electron chi connectivity index (χ3n) is 5.93. The Morgan fingerprint density at radius 1 is 1.20 bits per heavy atom. The van der Waals surface area contributed by atoms with Crippen molar-refractivity contribution in [2.24, 2.45) is 0 Å². The topological polar surface area (TPSA) is 154 Å². The first-order valence-electron chi connectivity index (χ1n) is 12.7. The number of hydrogen-bond acceptors (Lipinski definition) is 12. The molecule has 14 heteroatoms. The standard InChI is InChI=1S/C26H37N6O7P/c1-6-36-25-23-24(30-26(27)31-25)32(16-28-23)18(2)12-21(35-5)14-38-40(29-13-20-10-8-7-9-11-20)39-15-22(37-17-33)19(3)34-4/h7-11,16-18,21,29H,6,12-15H2,1-5H3,(H2,27,30,31)/b22-19-. The van der Waals surface area contributed by atoms with E-state index in [1.807, 2.05) is 48.7 Å². The van der Waals surface area contributed by atoms with E-state index in [1.54, 1.807) is 20.4 Å². The largest absolute Gasteiger partial charge is 0.498 e. The van der Waals surface area contributed by atoms with Gasteiger partial charge in [-0.25, -0.2) is 10.1 Å². The van der Waals surface area contributed by atoms with E-state index < -0.39 is 8.53 Å². The van der Waals surface area contributed by atoms with Crippen LogP contribution in [0.3, 0.4) is 0 Å². The molecule has 3 aromatic rings. The van der Waals surface area contributed by atoms with Gasteiger partial charge in [-0.1, -0.05) is 30.3 Å². The number of fused-ring (bicyclic) bond motifs is 1. The summed E-state index contributed by atoms with van der Waals surface area (Å²) in [5.74, 6) is 1.15. The van der Waals surface area contributed by atoms with Crippen molar-refractivity contribution in [2.45, 2.75) is 45.9 Å². The fraction of sp³-hybridized carbons (Fsp3) is 0.462. The van der Waals surface area contributed by atoms with Crippen LogP contribution in [-0.4, -0.2) is 66.1 Å². The first-order valence-corrected chi connectivity index (χ1v) is 13.9. The van der Waals surface area contributed by atoms with E-state index in [1.165, 1.54) is 7.11 Å². The number of imidazole rings is 1. The molecule has 40 heavy (non-hydrogen) atoms. The molecule has 0 radical (unpaired) electrons. The number of ether oxygens (including phenoxy) is 4. The molecule has 0 aliphatic heterocycles. The Balaban J connectivity index is 1.68. The van der Waals surface area contributed by atoms with Crippen LogP contribution in [0.2, 0.25) is 0 Å². The Hall–Kier alpha value is -3.35. The number of carbonyl (C=O) groups is 1. The zero-order valence-corrected chi connectivity index (χ0v) is 24.3. The molecule has 0 saturated heterocycles. The van der Waals surface area contributed by atoms with Crippen LogP contribution in [-0.2, 0) is 34.6 Å². The van der Waals surface area contributed by atoms with Gasteiger partial charge in [-0.3, -0.25) is 4.79 Å². The fourth-order valence-corrected chi connectivity index (χ4v) is 4.84. The second kappa shape index (κ2) is 16.0. The number of rotatable bonds is 18. The zero-order valence-electron chi connectivity index (χ0n) is 23.4. The van der Waals surface area contributed by atoms with E-state index in [-0.39, 0.29) is 37.1 Å². The van der Waals surface area contributed by atoms with Gasteiger partial charge in [-0.05, 0) is 32.8 Å². The Bertz CT molecular complexity index is 1240. The number of nitrogen functional groups attached to an aromatic ring is 1. The maximum atomic E-state index is 10.9. The van der Waals surface area contributed by atoms with Crippen molar-refractivity contribution in [2.75, 3.05) is 39.8 Å². The fourth-order valence-electron chi connectivity index (χ4n) is 3.73. The van der Waals surface area contributed by atoms with Gasteiger partial charge in [-0.2, -0.15) is 9.97 Å². The van der Waals surface area contributed by atoms with Crippen molar-refractivity contribution in [1.29, 1.82) is 0 Å². The van der Waals surface area contributed by atoms with Gasteiger partial charge < -0.3 is 38.3 Å². The molecule has 13 nitrogen and oxygen atoms in total. The van der Waals surface area contributed by atoms with Gasteiger partial charge in [0.1, 0.15) is 12.4 Å². The van der Waals surface area contributed by atoms with Crippen molar-refractivity contribution in [3.05, 3.63) is 53.7 Å². The first kappa shape index (κ1) is 31.2. The Labute approximate surface area is 234 Å². The summed E-state index contributed by atoms with van der Waals surface area (Å²) in [6.45, 7) is 7.07. The van der Waals surface area contributed by atoms with Crippen molar-refractivity contribution < 1.29 is 32.8 Å². The molecule has 3 N–H and O–H groups in total. The molecule has 2 aromatic heterocycles. The quantitative estimate of drug-likeness (QED) is 0.128. The van der Waals surface area contributed by atoms with E-state index in [0.717, 1.165) is 5.56 Å². The molecule has 2 heterocycles. The van der Waals surface area contributed by atoms with Crippen molar-refractivity contribution >= 4 is 32.1 Å². The highest BCUT2D eigenvalue weighted by molar-refractivity contribution is 7.44. The number of nitrogens with two attached hydrogens (primary N) is 1. The highest BCUT2D eigenvalue weighted by atomic mass is 31.2. The molecule has 0 aliphatic rings. The third kappa shape index (κ3) is 8.83. The second-order valence-electron chi connectivity index (χ2n) is 8.63. The van der Waals surface area contributed by atoms with Crippen LogP contribution in [0.15, 0.2) is 48.2 Å². The normalized spacial score (nSPS) is 14.3. The van der Waals surface area contributed by atoms with Crippen LogP contribution in [0.25, 0.3) is 11.2 Å². The highest BCUT2D eigenvalue weighted by Crippen LogP contribution is 2.36. The molecule has 0 aliphatic carbocycles. The predicted octanol–water partition coefficient (Wildman–Crippen LogP) is 3.87. The Kier molecular flexibility index (Phi) is 12.5. The molecule has 3 rings (SSSR count). The summed E-state index contributed by atoms with van der Waals surface area (Å²) in [4.78, 5) is 23.9. The molecule has 3 atom stereocenters. The maximum absolute atomic E-state index is 10.9. The van der Waals surface area contributed by atoms with Gasteiger partial charge in [0.25, 0.3) is 15.0 Å². The summed E-state index contributed by atoms with van der Waals surface area (Å²) < 4.78 is 35.6. The average Bonchev–Trinajstić information content (AvgIpc) is 3.39. The van der Waals surface area contributed by atoms with Gasteiger partial charge in [0.15, 0.2) is 16.9 Å². The number of carbonyl (C=O) groups excluding carboxylic acids is 1. The number of benzene rings is 1. The summed E-state index contributed by atoms with van der Waals surface area (Å²) in [6.07, 6.45) is 1.99. The molecule has 218 valence electrons. The molecular formula is C26H37N6O7P. The van der Waals surface area contributed by atoms with E-state index >= 15 is 0 Å². The Morgan fingerprint density at radius 3 is 2.65 bits per heavy atom. The van der Waals surface area contributed by atoms with Gasteiger partial charge in [0, 0.05) is 19.7 Å². The maximum Gasteiger partial charge on any atom is 0.298 e. The van der Waals surface area contributed by atoms with Crippen LogP contribution in [0.5, 0.6) is 5.88 Å². The minimum Gasteiger partial charge on any atom is -0.498 e. The van der Waals surface area contributed by atoms with Crippen LogP contribution < -0.4 is 15.6 Å².